The van der Waals surface area contributed by atoms with Crippen molar-refractivity contribution in [3.63, 3.8) is 0 Å². The molecule has 25 heavy (non-hydrogen) atoms. The van der Waals surface area contributed by atoms with Crippen LogP contribution in [0.3, 0.4) is 0 Å². The van der Waals surface area contributed by atoms with E-state index in [9.17, 15) is 8.78 Å². The topological polar surface area (TPSA) is 45.1 Å². The molecule has 4 nitrogen and oxygen atoms in total. The predicted octanol–water partition coefficient (Wildman–Crippen LogP) is 4.33. The van der Waals surface area contributed by atoms with Crippen LogP contribution in [0.1, 0.15) is 30.0 Å². The third-order valence-electron chi connectivity index (χ3n) is 4.80. The lowest BCUT2D eigenvalue weighted by Gasteiger charge is -2.32. The average molecular weight is 343 g/mol. The van der Waals surface area contributed by atoms with Crippen LogP contribution < -0.4 is 0 Å². The van der Waals surface area contributed by atoms with Gasteiger partial charge in [0.05, 0.1) is 24.3 Å². The number of hydrogen-bond donors (Lipinski definition) is 1. The minimum absolute atomic E-state index is 0.00166. The number of nitrogens with zero attached hydrogens (tertiary/aromatic N) is 2. The van der Waals surface area contributed by atoms with Crippen molar-refractivity contribution in [2.45, 2.75) is 25.3 Å². The molecule has 1 saturated heterocycles. The highest BCUT2D eigenvalue weighted by molar-refractivity contribution is 5.67. The zero-order valence-corrected chi connectivity index (χ0v) is 13.7. The SMILES string of the molecule is Fc1cccc(F)c1-c1cn[nH]c1[C@@H]1CCCN(Cc2ccoc2)C1. The predicted molar refractivity (Wildman–Crippen MR) is 89.9 cm³/mol. The molecule has 1 N–H and O–H groups in total. The Bertz CT molecular complexity index is 824. The molecule has 130 valence electrons. The summed E-state index contributed by atoms with van der Waals surface area (Å²) in [7, 11) is 0. The third-order valence-corrected chi connectivity index (χ3v) is 4.80. The number of rotatable bonds is 4. The summed E-state index contributed by atoms with van der Waals surface area (Å²) in [6.45, 7) is 2.63. The minimum Gasteiger partial charge on any atom is -0.472 e. The number of likely N-dealkylation sites (tertiary alicyclic amines) is 1. The number of piperidine rings is 1. The van der Waals surface area contributed by atoms with Gasteiger partial charge in [0.2, 0.25) is 0 Å². The van der Waals surface area contributed by atoms with Crippen LogP contribution in [0.4, 0.5) is 8.78 Å². The molecule has 0 aliphatic carbocycles. The summed E-state index contributed by atoms with van der Waals surface area (Å²) < 4.78 is 33.5. The van der Waals surface area contributed by atoms with Crippen molar-refractivity contribution in [1.82, 2.24) is 15.1 Å². The molecule has 2 aromatic heterocycles. The van der Waals surface area contributed by atoms with Crippen LogP contribution in [-0.2, 0) is 6.54 Å². The number of nitrogens with one attached hydrogen (secondary N) is 1. The second-order valence-corrected chi connectivity index (χ2v) is 6.50. The fraction of sp³-hybridized carbons (Fsp3) is 0.316. The monoisotopic (exact) mass is 343 g/mol. The maximum atomic E-state index is 14.2. The third kappa shape index (κ3) is 3.22. The van der Waals surface area contributed by atoms with Gasteiger partial charge in [-0.3, -0.25) is 10.00 Å². The van der Waals surface area contributed by atoms with Crippen LogP contribution in [-0.4, -0.2) is 28.2 Å². The minimum atomic E-state index is -0.561. The van der Waals surface area contributed by atoms with Gasteiger partial charge in [0, 0.05) is 35.8 Å². The van der Waals surface area contributed by atoms with E-state index in [1.807, 2.05) is 6.07 Å². The van der Waals surface area contributed by atoms with Gasteiger partial charge in [-0.05, 0) is 37.6 Å². The summed E-state index contributed by atoms with van der Waals surface area (Å²) in [6.07, 6.45) is 6.93. The number of halogens is 2. The molecule has 0 amide bonds. The average Bonchev–Trinajstić information content (AvgIpc) is 3.27. The molecule has 0 radical (unpaired) electrons. The van der Waals surface area contributed by atoms with Gasteiger partial charge in [0.25, 0.3) is 0 Å². The van der Waals surface area contributed by atoms with E-state index in [-0.39, 0.29) is 11.5 Å². The molecular weight excluding hydrogens is 324 g/mol. The summed E-state index contributed by atoms with van der Waals surface area (Å²) >= 11 is 0. The van der Waals surface area contributed by atoms with E-state index in [1.165, 1.54) is 24.4 Å². The normalized spacial score (nSPS) is 18.6. The van der Waals surface area contributed by atoms with Crippen molar-refractivity contribution in [2.24, 2.45) is 0 Å². The molecule has 1 aliphatic rings. The van der Waals surface area contributed by atoms with Crippen LogP contribution in [0, 0.1) is 11.6 Å². The van der Waals surface area contributed by atoms with E-state index in [4.69, 9.17) is 4.42 Å². The summed E-state index contributed by atoms with van der Waals surface area (Å²) in [5.74, 6) is -0.959. The Hall–Kier alpha value is -2.47. The highest BCUT2D eigenvalue weighted by Crippen LogP contribution is 2.35. The van der Waals surface area contributed by atoms with Crippen molar-refractivity contribution in [2.75, 3.05) is 13.1 Å². The van der Waals surface area contributed by atoms with Crippen molar-refractivity contribution < 1.29 is 13.2 Å². The van der Waals surface area contributed by atoms with E-state index in [0.29, 0.717) is 5.56 Å². The summed E-state index contributed by atoms with van der Waals surface area (Å²) in [4.78, 5) is 2.33. The van der Waals surface area contributed by atoms with Gasteiger partial charge >= 0.3 is 0 Å². The highest BCUT2D eigenvalue weighted by Gasteiger charge is 2.27. The maximum absolute atomic E-state index is 14.2. The molecule has 4 rings (SSSR count). The molecule has 0 spiro atoms. The van der Waals surface area contributed by atoms with Crippen LogP contribution >= 0.6 is 0 Å². The van der Waals surface area contributed by atoms with Crippen molar-refractivity contribution >= 4 is 0 Å². The van der Waals surface area contributed by atoms with Gasteiger partial charge in [-0.1, -0.05) is 6.07 Å². The number of furan rings is 1. The summed E-state index contributed by atoms with van der Waals surface area (Å²) in [5.41, 5.74) is 2.45. The zero-order valence-electron chi connectivity index (χ0n) is 13.7. The van der Waals surface area contributed by atoms with Crippen molar-refractivity contribution in [3.05, 3.63) is 65.9 Å². The molecule has 0 bridgehead atoms. The molecule has 3 heterocycles. The summed E-state index contributed by atoms with van der Waals surface area (Å²) in [5, 5.41) is 7.04. The summed E-state index contributed by atoms with van der Waals surface area (Å²) in [6, 6.07) is 5.89. The second-order valence-electron chi connectivity index (χ2n) is 6.50. The first kappa shape index (κ1) is 16.0. The molecule has 1 aromatic carbocycles. The fourth-order valence-electron chi connectivity index (χ4n) is 3.64. The lowest BCUT2D eigenvalue weighted by atomic mass is 9.90. The fourth-order valence-corrected chi connectivity index (χ4v) is 3.64. The van der Waals surface area contributed by atoms with Gasteiger partial charge in [-0.15, -0.1) is 0 Å². The Balaban J connectivity index is 1.59. The molecule has 3 aromatic rings. The van der Waals surface area contributed by atoms with Gasteiger partial charge in [-0.25, -0.2) is 8.78 Å². The van der Waals surface area contributed by atoms with Crippen LogP contribution in [0.25, 0.3) is 11.1 Å². The zero-order chi connectivity index (χ0) is 17.2. The Morgan fingerprint density at radius 2 is 2.08 bits per heavy atom. The molecular formula is C19H19F2N3O. The first-order valence-electron chi connectivity index (χ1n) is 8.43. The number of hydrogen-bond acceptors (Lipinski definition) is 3. The molecule has 0 unspecified atom stereocenters. The van der Waals surface area contributed by atoms with Gasteiger partial charge in [0.15, 0.2) is 0 Å². The molecule has 0 saturated carbocycles. The maximum Gasteiger partial charge on any atom is 0.134 e. The van der Waals surface area contributed by atoms with E-state index >= 15 is 0 Å². The first-order valence-corrected chi connectivity index (χ1v) is 8.43. The largest absolute Gasteiger partial charge is 0.472 e. The Morgan fingerprint density at radius 1 is 1.24 bits per heavy atom. The van der Waals surface area contributed by atoms with Gasteiger partial charge in [-0.2, -0.15) is 5.10 Å². The molecule has 1 atom stereocenters. The number of benzene rings is 1. The Morgan fingerprint density at radius 3 is 2.84 bits per heavy atom. The molecule has 6 heteroatoms. The standard InChI is InChI=1S/C19H19F2N3O/c20-16-4-1-5-17(21)18(16)15-9-22-23-19(15)14-3-2-7-24(11-14)10-13-6-8-25-12-13/h1,4-6,8-9,12,14H,2-3,7,10-11H2,(H,22,23)/t14-/m1/s1. The Labute approximate surface area is 144 Å². The van der Waals surface area contributed by atoms with E-state index in [1.54, 1.807) is 12.5 Å². The smallest absolute Gasteiger partial charge is 0.134 e. The second kappa shape index (κ2) is 6.80. The van der Waals surface area contributed by atoms with Gasteiger partial charge in [0.1, 0.15) is 11.6 Å². The first-order chi connectivity index (χ1) is 12.2. The van der Waals surface area contributed by atoms with E-state index < -0.39 is 11.6 Å². The van der Waals surface area contributed by atoms with Crippen LogP contribution in [0.15, 0.2) is 47.4 Å². The van der Waals surface area contributed by atoms with Gasteiger partial charge < -0.3 is 4.42 Å². The van der Waals surface area contributed by atoms with E-state index in [0.717, 1.165) is 43.7 Å². The molecule has 1 fully saturated rings. The van der Waals surface area contributed by atoms with Crippen LogP contribution in [0.5, 0.6) is 0 Å². The van der Waals surface area contributed by atoms with Crippen molar-refractivity contribution in [1.29, 1.82) is 0 Å². The lowest BCUT2D eigenvalue weighted by molar-refractivity contribution is 0.198. The Kier molecular flexibility index (Phi) is 4.36. The van der Waals surface area contributed by atoms with Crippen molar-refractivity contribution in [3.8, 4) is 11.1 Å². The highest BCUT2D eigenvalue weighted by atomic mass is 19.1. The number of H-pyrrole nitrogens is 1. The van der Waals surface area contributed by atoms with E-state index in [2.05, 4.69) is 15.1 Å². The number of aromatic nitrogens is 2. The number of aromatic amines is 1. The van der Waals surface area contributed by atoms with Crippen LogP contribution in [0.2, 0.25) is 0 Å². The molecule has 1 aliphatic heterocycles. The quantitative estimate of drug-likeness (QED) is 0.767. The lowest BCUT2D eigenvalue weighted by Crippen LogP contribution is -2.34.